The second-order valence-electron chi connectivity index (χ2n) is 6.74. The number of nitrogens with one attached hydrogen (secondary N) is 2. The molecule has 0 saturated heterocycles. The normalized spacial score (nSPS) is 17.0. The molecule has 0 saturated carbocycles. The Hall–Kier alpha value is -2.48. The molecule has 2 aromatic rings. The summed E-state index contributed by atoms with van der Waals surface area (Å²) in [6.45, 7) is 3.52. The predicted octanol–water partition coefficient (Wildman–Crippen LogP) is 2.82. The van der Waals surface area contributed by atoms with Gasteiger partial charge in [-0.3, -0.25) is 9.59 Å². The maximum absolute atomic E-state index is 12.4. The first-order valence-electron chi connectivity index (χ1n) is 8.96. The van der Waals surface area contributed by atoms with Gasteiger partial charge in [0.15, 0.2) is 5.82 Å². The summed E-state index contributed by atoms with van der Waals surface area (Å²) in [6, 6.07) is 7.51. The number of anilines is 2. The molecule has 144 valence electrons. The fourth-order valence-corrected chi connectivity index (χ4v) is 3.84. The number of carbonyl (C=O) groups is 2. The largest absolute Gasteiger partial charge is 0.399 e. The lowest BCUT2D eigenvalue weighted by Crippen LogP contribution is -2.33. The lowest BCUT2D eigenvalue weighted by Gasteiger charge is -2.26. The van der Waals surface area contributed by atoms with E-state index in [4.69, 9.17) is 10.3 Å². The highest BCUT2D eigenvalue weighted by Crippen LogP contribution is 2.31. The number of fused-ring (bicyclic) bond motifs is 1. The van der Waals surface area contributed by atoms with Crippen LogP contribution in [0, 0.1) is 6.92 Å². The summed E-state index contributed by atoms with van der Waals surface area (Å²) in [7, 11) is 0. The minimum Gasteiger partial charge on any atom is -0.399 e. The van der Waals surface area contributed by atoms with Crippen molar-refractivity contribution in [1.29, 1.82) is 0 Å². The third-order valence-electron chi connectivity index (χ3n) is 4.53. The van der Waals surface area contributed by atoms with Gasteiger partial charge in [-0.25, -0.2) is 0 Å². The molecule has 27 heavy (non-hydrogen) atoms. The van der Waals surface area contributed by atoms with Gasteiger partial charge >= 0.3 is 0 Å². The van der Waals surface area contributed by atoms with Crippen molar-refractivity contribution in [2.45, 2.75) is 44.4 Å². The number of benzene rings is 1. The van der Waals surface area contributed by atoms with Gasteiger partial charge in [0.05, 0.1) is 17.0 Å². The Bertz CT molecular complexity index is 836. The second kappa shape index (κ2) is 8.47. The SMILES string of the molecule is Cc1cc(NC(=O)C(C)SCC(=O)NC2CCCc3cc(N)ccc32)no1. The molecule has 1 aromatic carbocycles. The molecule has 0 radical (unpaired) electrons. The number of thioether (sulfide) groups is 1. The third-order valence-corrected chi connectivity index (χ3v) is 5.67. The molecule has 2 unspecified atom stereocenters. The molecule has 2 atom stereocenters. The molecule has 1 aliphatic rings. The van der Waals surface area contributed by atoms with Crippen molar-refractivity contribution < 1.29 is 14.1 Å². The molecule has 0 aliphatic heterocycles. The topological polar surface area (TPSA) is 110 Å². The van der Waals surface area contributed by atoms with Crippen LogP contribution in [0.2, 0.25) is 0 Å². The minimum atomic E-state index is -0.383. The van der Waals surface area contributed by atoms with Gasteiger partial charge in [0.25, 0.3) is 0 Å². The Labute approximate surface area is 162 Å². The summed E-state index contributed by atoms with van der Waals surface area (Å²) in [5.74, 6) is 0.936. The molecule has 2 amide bonds. The Morgan fingerprint density at radius 3 is 2.96 bits per heavy atom. The molecule has 1 aliphatic carbocycles. The quantitative estimate of drug-likeness (QED) is 0.656. The molecule has 7 nitrogen and oxygen atoms in total. The van der Waals surface area contributed by atoms with E-state index in [2.05, 4.69) is 15.8 Å². The van der Waals surface area contributed by atoms with Gasteiger partial charge in [0, 0.05) is 11.8 Å². The summed E-state index contributed by atoms with van der Waals surface area (Å²) in [5, 5.41) is 9.11. The van der Waals surface area contributed by atoms with E-state index in [-0.39, 0.29) is 28.9 Å². The highest BCUT2D eigenvalue weighted by molar-refractivity contribution is 8.01. The Balaban J connectivity index is 1.49. The number of rotatable bonds is 6. The van der Waals surface area contributed by atoms with E-state index in [0.29, 0.717) is 11.6 Å². The Morgan fingerprint density at radius 2 is 2.22 bits per heavy atom. The highest BCUT2D eigenvalue weighted by Gasteiger charge is 2.23. The van der Waals surface area contributed by atoms with Crippen LogP contribution in [0.1, 0.15) is 42.7 Å². The van der Waals surface area contributed by atoms with Crippen LogP contribution < -0.4 is 16.4 Å². The number of hydrogen-bond donors (Lipinski definition) is 3. The average Bonchev–Trinajstić information content (AvgIpc) is 3.04. The van der Waals surface area contributed by atoms with Gasteiger partial charge in [-0.05, 0) is 56.4 Å². The van der Waals surface area contributed by atoms with Gasteiger partial charge < -0.3 is 20.9 Å². The second-order valence-corrected chi connectivity index (χ2v) is 8.06. The number of aromatic nitrogens is 1. The molecular formula is C19H24N4O3S. The molecular weight excluding hydrogens is 364 g/mol. The summed E-state index contributed by atoms with van der Waals surface area (Å²) < 4.78 is 4.92. The van der Waals surface area contributed by atoms with Gasteiger partial charge in [0.1, 0.15) is 5.76 Å². The number of aryl methyl sites for hydroxylation is 2. The lowest BCUT2D eigenvalue weighted by atomic mass is 9.87. The molecule has 0 bridgehead atoms. The van der Waals surface area contributed by atoms with E-state index in [1.807, 2.05) is 18.2 Å². The van der Waals surface area contributed by atoms with Crippen molar-refractivity contribution in [3.63, 3.8) is 0 Å². The summed E-state index contributed by atoms with van der Waals surface area (Å²) in [6.07, 6.45) is 2.92. The van der Waals surface area contributed by atoms with Gasteiger partial charge in [0.2, 0.25) is 11.8 Å². The Kier molecular flexibility index (Phi) is 6.05. The number of nitrogen functional groups attached to an aromatic ring is 1. The van der Waals surface area contributed by atoms with E-state index < -0.39 is 0 Å². The molecule has 8 heteroatoms. The van der Waals surface area contributed by atoms with Crippen LogP contribution in [0.3, 0.4) is 0 Å². The number of amides is 2. The first kappa shape index (κ1) is 19.3. The van der Waals surface area contributed by atoms with Crippen molar-refractivity contribution in [2.75, 3.05) is 16.8 Å². The van der Waals surface area contributed by atoms with Gasteiger partial charge in [-0.15, -0.1) is 11.8 Å². The van der Waals surface area contributed by atoms with Crippen LogP contribution in [0.25, 0.3) is 0 Å². The fraction of sp³-hybridized carbons (Fsp3) is 0.421. The predicted molar refractivity (Wildman–Crippen MR) is 106 cm³/mol. The monoisotopic (exact) mass is 388 g/mol. The molecule has 1 aromatic heterocycles. The number of nitrogens with two attached hydrogens (primary N) is 1. The average molecular weight is 388 g/mol. The van der Waals surface area contributed by atoms with Crippen LogP contribution in [-0.4, -0.2) is 28.0 Å². The van der Waals surface area contributed by atoms with Crippen molar-refractivity contribution in [1.82, 2.24) is 10.5 Å². The third kappa shape index (κ3) is 5.03. The van der Waals surface area contributed by atoms with Crippen LogP contribution in [0.15, 0.2) is 28.8 Å². The van der Waals surface area contributed by atoms with Crippen LogP contribution in [0.4, 0.5) is 11.5 Å². The highest BCUT2D eigenvalue weighted by atomic mass is 32.2. The zero-order valence-corrected chi connectivity index (χ0v) is 16.3. The standard InChI is InChI=1S/C19H24N4O3S/c1-11-8-17(23-26-11)22-19(25)12(2)27-10-18(24)21-16-5-3-4-13-9-14(20)6-7-15(13)16/h6-9,12,16H,3-5,10,20H2,1-2H3,(H,21,24)(H,22,23,25). The Morgan fingerprint density at radius 1 is 1.41 bits per heavy atom. The van der Waals surface area contributed by atoms with Gasteiger partial charge in [-0.1, -0.05) is 11.2 Å². The summed E-state index contributed by atoms with van der Waals surface area (Å²) in [5.41, 5.74) is 8.95. The molecule has 3 rings (SSSR count). The van der Waals surface area contributed by atoms with E-state index >= 15 is 0 Å². The van der Waals surface area contributed by atoms with Crippen LogP contribution in [0.5, 0.6) is 0 Å². The van der Waals surface area contributed by atoms with Crippen LogP contribution >= 0.6 is 11.8 Å². The van der Waals surface area contributed by atoms with Gasteiger partial charge in [-0.2, -0.15) is 0 Å². The minimum absolute atomic E-state index is 0.00434. The first-order chi connectivity index (χ1) is 12.9. The zero-order valence-electron chi connectivity index (χ0n) is 15.5. The zero-order chi connectivity index (χ0) is 19.4. The van der Waals surface area contributed by atoms with E-state index in [1.165, 1.54) is 17.3 Å². The molecule has 0 fully saturated rings. The summed E-state index contributed by atoms with van der Waals surface area (Å²) >= 11 is 1.29. The number of hydrogen-bond acceptors (Lipinski definition) is 6. The first-order valence-corrected chi connectivity index (χ1v) is 10.0. The number of carbonyl (C=O) groups excluding carboxylic acids is 2. The number of nitrogens with zero attached hydrogens (tertiary/aromatic N) is 1. The van der Waals surface area contributed by atoms with Crippen molar-refractivity contribution >= 4 is 35.1 Å². The van der Waals surface area contributed by atoms with Crippen LogP contribution in [-0.2, 0) is 16.0 Å². The van der Waals surface area contributed by atoms with Crippen molar-refractivity contribution in [3.05, 3.63) is 41.2 Å². The maximum atomic E-state index is 12.4. The van der Waals surface area contributed by atoms with E-state index in [9.17, 15) is 9.59 Å². The smallest absolute Gasteiger partial charge is 0.238 e. The molecule has 0 spiro atoms. The maximum Gasteiger partial charge on any atom is 0.238 e. The van der Waals surface area contributed by atoms with Crippen molar-refractivity contribution in [2.24, 2.45) is 0 Å². The van der Waals surface area contributed by atoms with E-state index in [1.54, 1.807) is 19.9 Å². The van der Waals surface area contributed by atoms with E-state index in [0.717, 1.165) is 30.5 Å². The molecule has 4 N–H and O–H groups in total. The van der Waals surface area contributed by atoms with Crippen molar-refractivity contribution in [3.8, 4) is 0 Å². The fourth-order valence-electron chi connectivity index (χ4n) is 3.15. The molecule has 1 heterocycles. The summed E-state index contributed by atoms with van der Waals surface area (Å²) in [4.78, 5) is 24.5. The lowest BCUT2D eigenvalue weighted by molar-refractivity contribution is -0.119.